The predicted octanol–water partition coefficient (Wildman–Crippen LogP) is 3.46. The Balaban J connectivity index is 2.16. The van der Waals surface area contributed by atoms with Gasteiger partial charge in [-0.1, -0.05) is 36.8 Å². The van der Waals surface area contributed by atoms with Crippen LogP contribution in [0.3, 0.4) is 0 Å². The Kier molecular flexibility index (Phi) is 7.99. The Morgan fingerprint density at radius 3 is 2.29 bits per heavy atom. The van der Waals surface area contributed by atoms with Crippen LogP contribution in [0.25, 0.3) is 0 Å². The summed E-state index contributed by atoms with van der Waals surface area (Å²) in [5.74, 6) is -0.273. The SMILES string of the molecule is CCNC(=O)[C@H](CC)N(Cc1ccc(F)cc1)C(=O)COc1ccc(C)cc1. The summed E-state index contributed by atoms with van der Waals surface area (Å²) in [7, 11) is 0. The van der Waals surface area contributed by atoms with Crippen molar-refractivity contribution < 1.29 is 18.7 Å². The van der Waals surface area contributed by atoms with Crippen LogP contribution >= 0.6 is 0 Å². The van der Waals surface area contributed by atoms with Crippen molar-refractivity contribution in [1.29, 1.82) is 0 Å². The largest absolute Gasteiger partial charge is 0.484 e. The van der Waals surface area contributed by atoms with E-state index in [2.05, 4.69) is 5.32 Å². The number of hydrogen-bond acceptors (Lipinski definition) is 3. The molecule has 0 aliphatic carbocycles. The van der Waals surface area contributed by atoms with Crippen molar-refractivity contribution in [2.24, 2.45) is 0 Å². The molecule has 2 amide bonds. The molecule has 0 aromatic heterocycles. The van der Waals surface area contributed by atoms with Gasteiger partial charge in [-0.25, -0.2) is 4.39 Å². The monoisotopic (exact) mass is 386 g/mol. The van der Waals surface area contributed by atoms with Gasteiger partial charge in [-0.3, -0.25) is 9.59 Å². The molecular weight excluding hydrogens is 359 g/mol. The lowest BCUT2D eigenvalue weighted by Crippen LogP contribution is -2.50. The number of hydrogen-bond donors (Lipinski definition) is 1. The van der Waals surface area contributed by atoms with E-state index in [9.17, 15) is 14.0 Å². The van der Waals surface area contributed by atoms with E-state index in [4.69, 9.17) is 4.74 Å². The quantitative estimate of drug-likeness (QED) is 0.718. The first kappa shape index (κ1) is 21.4. The minimum absolute atomic E-state index is 0.180. The molecule has 0 radical (unpaired) electrons. The zero-order valence-corrected chi connectivity index (χ0v) is 16.6. The lowest BCUT2D eigenvalue weighted by molar-refractivity contribution is -0.142. The Hall–Kier alpha value is -2.89. The van der Waals surface area contributed by atoms with Gasteiger partial charge >= 0.3 is 0 Å². The highest BCUT2D eigenvalue weighted by molar-refractivity contribution is 5.88. The molecular formula is C22H27FN2O3. The van der Waals surface area contributed by atoms with Gasteiger partial charge in [0.15, 0.2) is 6.61 Å². The molecule has 0 aliphatic rings. The summed E-state index contributed by atoms with van der Waals surface area (Å²) in [6.45, 7) is 6.15. The predicted molar refractivity (Wildman–Crippen MR) is 106 cm³/mol. The van der Waals surface area contributed by atoms with Crippen molar-refractivity contribution in [2.75, 3.05) is 13.2 Å². The molecule has 150 valence electrons. The van der Waals surface area contributed by atoms with E-state index in [1.165, 1.54) is 17.0 Å². The minimum Gasteiger partial charge on any atom is -0.484 e. The average molecular weight is 386 g/mol. The highest BCUT2D eigenvalue weighted by Gasteiger charge is 2.28. The van der Waals surface area contributed by atoms with Crippen LogP contribution in [-0.2, 0) is 16.1 Å². The zero-order chi connectivity index (χ0) is 20.5. The van der Waals surface area contributed by atoms with Gasteiger partial charge < -0.3 is 15.0 Å². The maximum atomic E-state index is 13.2. The van der Waals surface area contributed by atoms with Crippen molar-refractivity contribution in [1.82, 2.24) is 10.2 Å². The highest BCUT2D eigenvalue weighted by Crippen LogP contribution is 2.15. The van der Waals surface area contributed by atoms with Crippen LogP contribution in [0.15, 0.2) is 48.5 Å². The van der Waals surface area contributed by atoms with Crippen LogP contribution in [0.2, 0.25) is 0 Å². The molecule has 0 bridgehead atoms. The standard InChI is InChI=1S/C22H27FN2O3/c1-4-20(22(27)24-5-2)25(14-17-8-10-18(23)11-9-17)21(26)15-28-19-12-6-16(3)7-13-19/h6-13,20H,4-5,14-15H2,1-3H3,(H,24,27)/t20-/m0/s1. The second-order valence-corrected chi connectivity index (χ2v) is 6.57. The van der Waals surface area contributed by atoms with Gasteiger partial charge in [0.1, 0.15) is 17.6 Å². The third-order valence-corrected chi connectivity index (χ3v) is 4.39. The molecule has 6 heteroatoms. The molecule has 0 fully saturated rings. The van der Waals surface area contributed by atoms with Crippen molar-refractivity contribution in [3.63, 3.8) is 0 Å². The van der Waals surface area contributed by atoms with E-state index in [0.29, 0.717) is 18.7 Å². The van der Waals surface area contributed by atoms with Gasteiger partial charge in [0.25, 0.3) is 5.91 Å². The number of rotatable bonds is 9. The molecule has 0 heterocycles. The second kappa shape index (κ2) is 10.4. The van der Waals surface area contributed by atoms with Crippen LogP contribution in [0.1, 0.15) is 31.4 Å². The number of carbonyl (C=O) groups is 2. The number of likely N-dealkylation sites (N-methyl/N-ethyl adjacent to an activating group) is 1. The van der Waals surface area contributed by atoms with Gasteiger partial charge in [0.05, 0.1) is 0 Å². The Morgan fingerprint density at radius 2 is 1.71 bits per heavy atom. The molecule has 2 aromatic rings. The van der Waals surface area contributed by atoms with E-state index in [0.717, 1.165) is 11.1 Å². The average Bonchev–Trinajstić information content (AvgIpc) is 2.69. The number of nitrogens with zero attached hydrogens (tertiary/aromatic N) is 1. The third-order valence-electron chi connectivity index (χ3n) is 4.39. The molecule has 2 rings (SSSR count). The first-order valence-electron chi connectivity index (χ1n) is 9.45. The van der Waals surface area contributed by atoms with Gasteiger partial charge in [-0.2, -0.15) is 0 Å². The van der Waals surface area contributed by atoms with Crippen molar-refractivity contribution in [2.45, 2.75) is 39.8 Å². The maximum Gasteiger partial charge on any atom is 0.261 e. The zero-order valence-electron chi connectivity index (χ0n) is 16.6. The van der Waals surface area contributed by atoms with Crippen LogP contribution < -0.4 is 10.1 Å². The fraction of sp³-hybridized carbons (Fsp3) is 0.364. The third kappa shape index (κ3) is 6.08. The van der Waals surface area contributed by atoms with Crippen LogP contribution in [-0.4, -0.2) is 35.9 Å². The number of halogens is 1. The summed E-state index contributed by atoms with van der Waals surface area (Å²) in [4.78, 5) is 26.9. The summed E-state index contributed by atoms with van der Waals surface area (Å²) in [6, 6.07) is 12.7. The number of ether oxygens (including phenoxy) is 1. The Morgan fingerprint density at radius 1 is 1.07 bits per heavy atom. The maximum absolute atomic E-state index is 13.2. The van der Waals surface area contributed by atoms with Crippen molar-refractivity contribution in [3.05, 3.63) is 65.5 Å². The summed E-state index contributed by atoms with van der Waals surface area (Å²) < 4.78 is 18.8. The molecule has 2 aromatic carbocycles. The minimum atomic E-state index is -0.626. The van der Waals surface area contributed by atoms with Crippen LogP contribution in [0, 0.1) is 12.7 Å². The first-order valence-corrected chi connectivity index (χ1v) is 9.45. The van der Waals surface area contributed by atoms with E-state index >= 15 is 0 Å². The summed E-state index contributed by atoms with van der Waals surface area (Å²) >= 11 is 0. The molecule has 5 nitrogen and oxygen atoms in total. The number of nitrogens with one attached hydrogen (secondary N) is 1. The molecule has 1 atom stereocenters. The summed E-state index contributed by atoms with van der Waals surface area (Å²) in [5, 5.41) is 2.77. The Labute approximate surface area is 165 Å². The molecule has 0 saturated heterocycles. The number of benzene rings is 2. The molecule has 0 unspecified atom stereocenters. The highest BCUT2D eigenvalue weighted by atomic mass is 19.1. The molecule has 0 aliphatic heterocycles. The fourth-order valence-corrected chi connectivity index (χ4v) is 2.86. The molecule has 0 saturated carbocycles. The van der Waals surface area contributed by atoms with E-state index < -0.39 is 6.04 Å². The van der Waals surface area contributed by atoms with E-state index in [-0.39, 0.29) is 30.8 Å². The van der Waals surface area contributed by atoms with Crippen molar-refractivity contribution in [3.8, 4) is 5.75 Å². The van der Waals surface area contributed by atoms with E-state index in [1.54, 1.807) is 24.3 Å². The van der Waals surface area contributed by atoms with Crippen LogP contribution in [0.5, 0.6) is 5.75 Å². The van der Waals surface area contributed by atoms with Crippen molar-refractivity contribution >= 4 is 11.8 Å². The van der Waals surface area contributed by atoms with Gasteiger partial charge in [0.2, 0.25) is 5.91 Å². The lowest BCUT2D eigenvalue weighted by atomic mass is 10.1. The first-order chi connectivity index (χ1) is 13.4. The van der Waals surface area contributed by atoms with E-state index in [1.807, 2.05) is 32.9 Å². The molecule has 1 N–H and O–H groups in total. The summed E-state index contributed by atoms with van der Waals surface area (Å²) in [5.41, 5.74) is 1.84. The second-order valence-electron chi connectivity index (χ2n) is 6.57. The van der Waals surface area contributed by atoms with Gasteiger partial charge in [0, 0.05) is 13.1 Å². The summed E-state index contributed by atoms with van der Waals surface area (Å²) in [6.07, 6.45) is 0.462. The Bertz CT molecular complexity index is 775. The topological polar surface area (TPSA) is 58.6 Å². The number of aryl methyl sites for hydroxylation is 1. The lowest BCUT2D eigenvalue weighted by Gasteiger charge is -2.30. The molecule has 28 heavy (non-hydrogen) atoms. The van der Waals surface area contributed by atoms with Gasteiger partial charge in [-0.15, -0.1) is 0 Å². The normalized spacial score (nSPS) is 11.6. The fourth-order valence-electron chi connectivity index (χ4n) is 2.86. The number of carbonyl (C=O) groups excluding carboxylic acids is 2. The smallest absolute Gasteiger partial charge is 0.261 e. The molecule has 0 spiro atoms. The number of amides is 2. The van der Waals surface area contributed by atoms with Gasteiger partial charge in [-0.05, 0) is 50.1 Å². The van der Waals surface area contributed by atoms with Crippen LogP contribution in [0.4, 0.5) is 4.39 Å².